The number of carbonyl (C=O) groups is 2. The quantitative estimate of drug-likeness (QED) is 0.343. The molecule has 23 heavy (non-hydrogen) atoms. The third-order valence-electron chi connectivity index (χ3n) is 3.49. The molecule has 0 saturated heterocycles. The fraction of sp³-hybridized carbons (Fsp3) is 0.579. The van der Waals surface area contributed by atoms with Gasteiger partial charge in [-0.2, -0.15) is 0 Å². The smallest absolute Gasteiger partial charge is 0.311 e. The van der Waals surface area contributed by atoms with Crippen LogP contribution in [0.5, 0.6) is 5.75 Å². The third kappa shape index (κ3) is 8.38. The van der Waals surface area contributed by atoms with Crippen LogP contribution in [-0.4, -0.2) is 18.5 Å². The normalized spacial score (nSPS) is 10.3. The molecule has 128 valence electrons. The fourth-order valence-corrected chi connectivity index (χ4v) is 2.24. The van der Waals surface area contributed by atoms with Crippen LogP contribution in [0.4, 0.5) is 0 Å². The molecule has 1 aromatic carbocycles. The predicted octanol–water partition coefficient (Wildman–Crippen LogP) is 4.45. The second-order valence-electron chi connectivity index (χ2n) is 5.61. The number of unbranched alkanes of at least 4 members (excludes halogenated alkanes) is 2. The number of rotatable bonds is 11. The van der Waals surface area contributed by atoms with Gasteiger partial charge in [-0.15, -0.1) is 0 Å². The van der Waals surface area contributed by atoms with Crippen LogP contribution in [0.25, 0.3) is 0 Å². The minimum Gasteiger partial charge on any atom is -0.466 e. The fourth-order valence-electron chi connectivity index (χ4n) is 2.24. The van der Waals surface area contributed by atoms with E-state index in [-0.39, 0.29) is 24.8 Å². The standard InChI is InChI=1S/C19H28O4/c1-3-5-8-15-22-18(20)13-9-14-19(21)23-17-12-7-6-11-16(17)10-4-2/h6-7,11-12H,3-5,8-10,13-15H2,1-2H3. The van der Waals surface area contributed by atoms with Crippen molar-refractivity contribution in [2.45, 2.75) is 65.2 Å². The molecule has 0 radical (unpaired) electrons. The molecule has 0 aliphatic heterocycles. The van der Waals surface area contributed by atoms with Gasteiger partial charge in [-0.25, -0.2) is 0 Å². The maximum Gasteiger partial charge on any atom is 0.311 e. The van der Waals surface area contributed by atoms with Crippen molar-refractivity contribution in [3.8, 4) is 5.75 Å². The van der Waals surface area contributed by atoms with E-state index in [0.717, 1.165) is 37.7 Å². The highest BCUT2D eigenvalue weighted by atomic mass is 16.5. The second-order valence-corrected chi connectivity index (χ2v) is 5.61. The first-order valence-corrected chi connectivity index (χ1v) is 8.61. The average molecular weight is 320 g/mol. The molecule has 0 amide bonds. The first-order chi connectivity index (χ1) is 11.2. The summed E-state index contributed by atoms with van der Waals surface area (Å²) in [6.07, 6.45) is 5.90. The van der Waals surface area contributed by atoms with E-state index in [0.29, 0.717) is 18.8 Å². The summed E-state index contributed by atoms with van der Waals surface area (Å²) in [6.45, 7) is 4.67. The summed E-state index contributed by atoms with van der Waals surface area (Å²) in [7, 11) is 0. The van der Waals surface area contributed by atoms with Crippen molar-refractivity contribution in [3.63, 3.8) is 0 Å². The monoisotopic (exact) mass is 320 g/mol. The van der Waals surface area contributed by atoms with Crippen molar-refractivity contribution in [3.05, 3.63) is 29.8 Å². The molecule has 0 unspecified atom stereocenters. The van der Waals surface area contributed by atoms with E-state index >= 15 is 0 Å². The molecule has 0 spiro atoms. The largest absolute Gasteiger partial charge is 0.466 e. The average Bonchev–Trinajstić information content (AvgIpc) is 2.54. The molecule has 0 aliphatic rings. The zero-order chi connectivity index (χ0) is 16.9. The van der Waals surface area contributed by atoms with Crippen molar-refractivity contribution in [1.29, 1.82) is 0 Å². The molecular weight excluding hydrogens is 292 g/mol. The summed E-state index contributed by atoms with van der Waals surface area (Å²) in [5, 5.41) is 0. The number of hydrogen-bond donors (Lipinski definition) is 0. The third-order valence-corrected chi connectivity index (χ3v) is 3.49. The van der Waals surface area contributed by atoms with Crippen molar-refractivity contribution in [2.75, 3.05) is 6.61 Å². The molecule has 1 rings (SSSR count). The lowest BCUT2D eigenvalue weighted by atomic mass is 10.1. The lowest BCUT2D eigenvalue weighted by molar-refractivity contribution is -0.144. The molecule has 4 heteroatoms. The Labute approximate surface area is 139 Å². The van der Waals surface area contributed by atoms with Crippen LogP contribution in [0.3, 0.4) is 0 Å². The lowest BCUT2D eigenvalue weighted by Gasteiger charge is -2.09. The SMILES string of the molecule is CCCCCOC(=O)CCCC(=O)Oc1ccccc1CCC. The lowest BCUT2D eigenvalue weighted by Crippen LogP contribution is -2.11. The maximum atomic E-state index is 11.9. The van der Waals surface area contributed by atoms with Gasteiger partial charge in [0.25, 0.3) is 0 Å². The van der Waals surface area contributed by atoms with E-state index in [1.165, 1.54) is 0 Å². The molecule has 4 nitrogen and oxygen atoms in total. The van der Waals surface area contributed by atoms with Gasteiger partial charge in [0.1, 0.15) is 5.75 Å². The number of esters is 2. The topological polar surface area (TPSA) is 52.6 Å². The first kappa shape index (κ1) is 19.2. The van der Waals surface area contributed by atoms with E-state index in [4.69, 9.17) is 9.47 Å². The van der Waals surface area contributed by atoms with Gasteiger partial charge >= 0.3 is 11.9 Å². The number of benzene rings is 1. The van der Waals surface area contributed by atoms with Gasteiger partial charge in [-0.05, 0) is 30.9 Å². The molecule has 0 atom stereocenters. The van der Waals surface area contributed by atoms with E-state index in [1.807, 2.05) is 24.3 Å². The molecule has 1 aromatic rings. The Bertz CT molecular complexity index is 482. The molecule has 0 aliphatic carbocycles. The predicted molar refractivity (Wildman–Crippen MR) is 90.4 cm³/mol. The number of aryl methyl sites for hydroxylation is 1. The summed E-state index contributed by atoms with van der Waals surface area (Å²) in [4.78, 5) is 23.4. The number of hydrogen-bond acceptors (Lipinski definition) is 4. The summed E-state index contributed by atoms with van der Waals surface area (Å²) in [5.41, 5.74) is 1.04. The Morgan fingerprint density at radius 2 is 1.65 bits per heavy atom. The molecule has 0 bridgehead atoms. The van der Waals surface area contributed by atoms with Crippen molar-refractivity contribution >= 4 is 11.9 Å². The first-order valence-electron chi connectivity index (χ1n) is 8.61. The Morgan fingerprint density at radius 3 is 2.39 bits per heavy atom. The van der Waals surface area contributed by atoms with Crippen molar-refractivity contribution < 1.29 is 19.1 Å². The van der Waals surface area contributed by atoms with Crippen LogP contribution in [0.2, 0.25) is 0 Å². The Kier molecular flexibility index (Phi) is 9.76. The van der Waals surface area contributed by atoms with Gasteiger partial charge in [-0.3, -0.25) is 9.59 Å². The van der Waals surface area contributed by atoms with Crippen LogP contribution in [0.1, 0.15) is 64.4 Å². The molecule has 0 aromatic heterocycles. The second kappa shape index (κ2) is 11.7. The van der Waals surface area contributed by atoms with Crippen LogP contribution in [0, 0.1) is 0 Å². The zero-order valence-corrected chi connectivity index (χ0v) is 14.3. The van der Waals surface area contributed by atoms with E-state index in [2.05, 4.69) is 13.8 Å². The Morgan fingerprint density at radius 1 is 0.913 bits per heavy atom. The Balaban J connectivity index is 2.25. The van der Waals surface area contributed by atoms with Crippen LogP contribution in [-0.2, 0) is 20.7 Å². The highest BCUT2D eigenvalue weighted by Crippen LogP contribution is 2.20. The van der Waals surface area contributed by atoms with E-state index < -0.39 is 0 Å². The Hall–Kier alpha value is -1.84. The molecule has 0 N–H and O–H groups in total. The van der Waals surface area contributed by atoms with Crippen molar-refractivity contribution in [2.24, 2.45) is 0 Å². The van der Waals surface area contributed by atoms with Crippen LogP contribution in [0.15, 0.2) is 24.3 Å². The molecule has 0 fully saturated rings. The van der Waals surface area contributed by atoms with E-state index in [9.17, 15) is 9.59 Å². The highest BCUT2D eigenvalue weighted by Gasteiger charge is 2.10. The van der Waals surface area contributed by atoms with Gasteiger partial charge in [0, 0.05) is 12.8 Å². The molecule has 0 heterocycles. The minimum atomic E-state index is -0.299. The number of carbonyl (C=O) groups excluding carboxylic acids is 2. The van der Waals surface area contributed by atoms with Gasteiger partial charge in [0.15, 0.2) is 0 Å². The minimum absolute atomic E-state index is 0.227. The summed E-state index contributed by atoms with van der Waals surface area (Å²) in [6, 6.07) is 7.58. The van der Waals surface area contributed by atoms with E-state index in [1.54, 1.807) is 0 Å². The summed E-state index contributed by atoms with van der Waals surface area (Å²) < 4.78 is 10.5. The van der Waals surface area contributed by atoms with Gasteiger partial charge < -0.3 is 9.47 Å². The highest BCUT2D eigenvalue weighted by molar-refractivity contribution is 5.74. The molecule has 0 saturated carbocycles. The van der Waals surface area contributed by atoms with Crippen LogP contribution < -0.4 is 4.74 Å². The number of para-hydroxylation sites is 1. The molecular formula is C19H28O4. The van der Waals surface area contributed by atoms with Crippen LogP contribution >= 0.6 is 0 Å². The van der Waals surface area contributed by atoms with Crippen molar-refractivity contribution in [1.82, 2.24) is 0 Å². The van der Waals surface area contributed by atoms with Gasteiger partial charge in [0.2, 0.25) is 0 Å². The number of ether oxygens (including phenoxy) is 2. The van der Waals surface area contributed by atoms with Gasteiger partial charge in [-0.1, -0.05) is 51.3 Å². The zero-order valence-electron chi connectivity index (χ0n) is 14.3. The summed E-state index contributed by atoms with van der Waals surface area (Å²) >= 11 is 0. The van der Waals surface area contributed by atoms with Gasteiger partial charge in [0.05, 0.1) is 6.61 Å². The maximum absolute atomic E-state index is 11.9. The summed E-state index contributed by atoms with van der Waals surface area (Å²) in [5.74, 6) is 0.0918.